The Hall–Kier alpha value is -2.40. The van der Waals surface area contributed by atoms with E-state index in [2.05, 4.69) is 10.3 Å². The second-order valence-corrected chi connectivity index (χ2v) is 5.45. The van der Waals surface area contributed by atoms with Gasteiger partial charge in [0.05, 0.1) is 23.9 Å². The Labute approximate surface area is 135 Å². The molecule has 0 spiro atoms. The minimum Gasteiger partial charge on any atom is -0.490 e. The fourth-order valence-corrected chi connectivity index (χ4v) is 2.51. The largest absolute Gasteiger partial charge is 0.490 e. The second kappa shape index (κ2) is 7.74. The molecular formula is C18H20N2O3. The number of carbonyl (C=O) groups excluding carboxylic acids is 1. The highest BCUT2D eigenvalue weighted by atomic mass is 16.5. The smallest absolute Gasteiger partial charge is 0.255 e. The van der Waals surface area contributed by atoms with Gasteiger partial charge in [-0.2, -0.15) is 0 Å². The van der Waals surface area contributed by atoms with Crippen LogP contribution in [0.1, 0.15) is 28.9 Å². The molecule has 0 bridgehead atoms. The van der Waals surface area contributed by atoms with Crippen LogP contribution in [-0.4, -0.2) is 30.2 Å². The normalized spacial score (nSPS) is 17.0. The van der Waals surface area contributed by atoms with E-state index in [1.165, 1.54) is 0 Å². The fourth-order valence-electron chi connectivity index (χ4n) is 2.51. The molecule has 1 amide bonds. The van der Waals surface area contributed by atoms with Crippen molar-refractivity contribution in [1.29, 1.82) is 0 Å². The predicted molar refractivity (Wildman–Crippen MR) is 86.3 cm³/mol. The van der Waals surface area contributed by atoms with Crippen LogP contribution in [0.3, 0.4) is 0 Å². The van der Waals surface area contributed by atoms with Gasteiger partial charge in [0, 0.05) is 12.8 Å². The maximum Gasteiger partial charge on any atom is 0.255 e. The number of amides is 1. The number of para-hydroxylation sites is 1. The van der Waals surface area contributed by atoms with Crippen LogP contribution in [0, 0.1) is 0 Å². The van der Waals surface area contributed by atoms with Crippen LogP contribution in [0.2, 0.25) is 0 Å². The summed E-state index contributed by atoms with van der Waals surface area (Å²) in [5.74, 6) is 0.417. The van der Waals surface area contributed by atoms with Crippen molar-refractivity contribution in [1.82, 2.24) is 10.3 Å². The standard InChI is InChI=1S/C18H20N2O3/c21-18(20-12-14-6-3-4-10-19-14)16-8-1-2-9-17(16)23-13-15-7-5-11-22-15/h1-4,6,8-10,15H,5,7,11-13H2,(H,20,21). The highest BCUT2D eigenvalue weighted by molar-refractivity contribution is 5.96. The Kier molecular flexibility index (Phi) is 5.21. The maximum atomic E-state index is 12.4. The summed E-state index contributed by atoms with van der Waals surface area (Å²) in [6.45, 7) is 1.66. The van der Waals surface area contributed by atoms with E-state index in [4.69, 9.17) is 9.47 Å². The number of ether oxygens (including phenoxy) is 2. The zero-order valence-electron chi connectivity index (χ0n) is 12.9. The molecule has 1 N–H and O–H groups in total. The summed E-state index contributed by atoms with van der Waals surface area (Å²) in [6.07, 6.45) is 3.91. The minimum absolute atomic E-state index is 0.125. The van der Waals surface area contributed by atoms with Crippen molar-refractivity contribution >= 4 is 5.91 Å². The number of hydrogen-bond donors (Lipinski definition) is 1. The molecule has 2 aromatic rings. The van der Waals surface area contributed by atoms with E-state index in [0.29, 0.717) is 24.5 Å². The number of nitrogens with zero attached hydrogens (tertiary/aromatic N) is 1. The third-order valence-corrected chi connectivity index (χ3v) is 3.74. The highest BCUT2D eigenvalue weighted by Gasteiger charge is 2.18. The van der Waals surface area contributed by atoms with Gasteiger partial charge in [0.25, 0.3) is 5.91 Å². The topological polar surface area (TPSA) is 60.5 Å². The summed E-state index contributed by atoms with van der Waals surface area (Å²) < 4.78 is 11.3. The van der Waals surface area contributed by atoms with E-state index in [1.807, 2.05) is 36.4 Å². The second-order valence-electron chi connectivity index (χ2n) is 5.45. The molecule has 1 aliphatic rings. The number of pyridine rings is 1. The Balaban J connectivity index is 1.60. The Morgan fingerprint density at radius 1 is 1.26 bits per heavy atom. The SMILES string of the molecule is O=C(NCc1ccccn1)c1ccccc1OCC1CCCO1. The van der Waals surface area contributed by atoms with E-state index < -0.39 is 0 Å². The zero-order chi connectivity index (χ0) is 15.9. The first-order chi connectivity index (χ1) is 11.3. The van der Waals surface area contributed by atoms with Crippen molar-refractivity contribution in [2.75, 3.05) is 13.2 Å². The van der Waals surface area contributed by atoms with Crippen molar-refractivity contribution in [2.45, 2.75) is 25.5 Å². The molecular weight excluding hydrogens is 292 g/mol. The molecule has 1 unspecified atom stereocenters. The average molecular weight is 312 g/mol. The first-order valence-corrected chi connectivity index (χ1v) is 7.84. The summed E-state index contributed by atoms with van der Waals surface area (Å²) in [5.41, 5.74) is 1.35. The van der Waals surface area contributed by atoms with Gasteiger partial charge in [-0.1, -0.05) is 18.2 Å². The third-order valence-electron chi connectivity index (χ3n) is 3.74. The van der Waals surface area contributed by atoms with Gasteiger partial charge in [0.2, 0.25) is 0 Å². The molecule has 2 heterocycles. The van der Waals surface area contributed by atoms with Crippen molar-refractivity contribution < 1.29 is 14.3 Å². The predicted octanol–water partition coefficient (Wildman–Crippen LogP) is 2.57. The van der Waals surface area contributed by atoms with Crippen molar-refractivity contribution in [3.63, 3.8) is 0 Å². The number of hydrogen-bond acceptors (Lipinski definition) is 4. The molecule has 1 aromatic heterocycles. The number of rotatable bonds is 6. The lowest BCUT2D eigenvalue weighted by molar-refractivity contribution is 0.0670. The van der Waals surface area contributed by atoms with Crippen LogP contribution < -0.4 is 10.1 Å². The van der Waals surface area contributed by atoms with Crippen LogP contribution >= 0.6 is 0 Å². The first kappa shape index (κ1) is 15.5. The quantitative estimate of drug-likeness (QED) is 0.890. The van der Waals surface area contributed by atoms with Gasteiger partial charge in [0.1, 0.15) is 12.4 Å². The van der Waals surface area contributed by atoms with Gasteiger partial charge in [-0.15, -0.1) is 0 Å². The van der Waals surface area contributed by atoms with Crippen LogP contribution in [0.15, 0.2) is 48.7 Å². The zero-order valence-corrected chi connectivity index (χ0v) is 12.9. The fraction of sp³-hybridized carbons (Fsp3) is 0.333. The molecule has 1 aliphatic heterocycles. The average Bonchev–Trinajstić information content (AvgIpc) is 3.12. The van der Waals surface area contributed by atoms with Gasteiger partial charge in [0.15, 0.2) is 0 Å². The summed E-state index contributed by atoms with van der Waals surface area (Å²) >= 11 is 0. The minimum atomic E-state index is -0.168. The molecule has 1 saturated heterocycles. The van der Waals surface area contributed by atoms with Gasteiger partial charge < -0.3 is 14.8 Å². The lowest BCUT2D eigenvalue weighted by atomic mass is 10.2. The maximum absolute atomic E-state index is 12.4. The first-order valence-electron chi connectivity index (χ1n) is 7.84. The monoisotopic (exact) mass is 312 g/mol. The number of aromatic nitrogens is 1. The van der Waals surface area contributed by atoms with Crippen LogP contribution in [0.25, 0.3) is 0 Å². The van der Waals surface area contributed by atoms with E-state index >= 15 is 0 Å². The van der Waals surface area contributed by atoms with Crippen LogP contribution in [-0.2, 0) is 11.3 Å². The molecule has 1 aromatic carbocycles. The summed E-state index contributed by atoms with van der Waals surface area (Å²) in [4.78, 5) is 16.6. The van der Waals surface area contributed by atoms with Crippen LogP contribution in [0.4, 0.5) is 0 Å². The van der Waals surface area contributed by atoms with Gasteiger partial charge >= 0.3 is 0 Å². The van der Waals surface area contributed by atoms with Gasteiger partial charge in [-0.3, -0.25) is 9.78 Å². The van der Waals surface area contributed by atoms with E-state index in [0.717, 1.165) is 25.1 Å². The molecule has 23 heavy (non-hydrogen) atoms. The van der Waals surface area contributed by atoms with E-state index in [1.54, 1.807) is 12.3 Å². The van der Waals surface area contributed by atoms with Crippen LogP contribution in [0.5, 0.6) is 5.75 Å². The molecule has 3 rings (SSSR count). The molecule has 0 aliphatic carbocycles. The third kappa shape index (κ3) is 4.29. The number of carbonyl (C=O) groups is 1. The van der Waals surface area contributed by atoms with Crippen molar-refractivity contribution in [3.8, 4) is 5.75 Å². The Morgan fingerprint density at radius 3 is 2.91 bits per heavy atom. The van der Waals surface area contributed by atoms with Gasteiger partial charge in [-0.05, 0) is 37.1 Å². The summed E-state index contributed by atoms with van der Waals surface area (Å²) in [7, 11) is 0. The Bertz CT molecular complexity index is 640. The molecule has 1 fully saturated rings. The van der Waals surface area contributed by atoms with Crippen molar-refractivity contribution in [2.24, 2.45) is 0 Å². The molecule has 0 saturated carbocycles. The molecule has 5 heteroatoms. The van der Waals surface area contributed by atoms with E-state index in [9.17, 15) is 4.79 Å². The highest BCUT2D eigenvalue weighted by Crippen LogP contribution is 2.20. The molecule has 5 nitrogen and oxygen atoms in total. The number of nitrogens with one attached hydrogen (secondary N) is 1. The Morgan fingerprint density at radius 2 is 2.13 bits per heavy atom. The molecule has 1 atom stereocenters. The number of benzene rings is 1. The lowest BCUT2D eigenvalue weighted by Gasteiger charge is -2.14. The lowest BCUT2D eigenvalue weighted by Crippen LogP contribution is -2.24. The molecule has 120 valence electrons. The van der Waals surface area contributed by atoms with Crippen molar-refractivity contribution in [3.05, 3.63) is 59.9 Å². The summed E-state index contributed by atoms with van der Waals surface area (Å²) in [6, 6.07) is 12.9. The summed E-state index contributed by atoms with van der Waals surface area (Å²) in [5, 5.41) is 2.87. The molecule has 0 radical (unpaired) electrons. The van der Waals surface area contributed by atoms with E-state index in [-0.39, 0.29) is 12.0 Å². The van der Waals surface area contributed by atoms with Gasteiger partial charge in [-0.25, -0.2) is 0 Å².